The lowest BCUT2D eigenvalue weighted by atomic mass is 10.2. The highest BCUT2D eigenvalue weighted by Crippen LogP contribution is 1.92. The van der Waals surface area contributed by atoms with E-state index in [2.05, 4.69) is 11.5 Å². The topological polar surface area (TPSA) is 319 Å². The van der Waals surface area contributed by atoms with E-state index in [1.165, 1.54) is 0 Å². The predicted molar refractivity (Wildman–Crippen MR) is 92.9 cm³/mol. The van der Waals surface area contributed by atoms with Gasteiger partial charge in [0.25, 0.3) is 0 Å². The first-order valence-electron chi connectivity index (χ1n) is 7.41. The third-order valence-corrected chi connectivity index (χ3v) is 2.50. The Morgan fingerprint density at radius 2 is 0.857 bits per heavy atom. The van der Waals surface area contributed by atoms with Gasteiger partial charge in [-0.05, 0) is 6.42 Å². The number of carboxylic acids is 3. The third-order valence-electron chi connectivity index (χ3n) is 2.50. The van der Waals surface area contributed by atoms with Crippen molar-refractivity contribution in [3.05, 3.63) is 0 Å². The standard InChI is InChI=1S/C5H10N2O3.2C4H8N2O3/c6-3(5(9)10)1-2-4(7)8;2*5-2(4(8)9)1-3(6)7/h3H,1-2,6H2,(H2,7,8)(H,9,10);2*2H,1,5H2,(H2,6,7)(H,8,9)/t3-;2*2-/m000/s1. The number of amides is 3. The Morgan fingerprint density at radius 3 is 1.00 bits per heavy atom. The summed E-state index contributed by atoms with van der Waals surface area (Å²) in [4.78, 5) is 59.9. The average molecular weight is 410 g/mol. The molecule has 3 atom stereocenters. The molecule has 0 aliphatic rings. The SMILES string of the molecule is NC(=O)CC[C@H](N)C(=O)O.NC(=O)C[C@H](N)C(=O)O.NC(=O)C[C@H](N)C(=O)O. The highest BCUT2D eigenvalue weighted by Gasteiger charge is 2.14. The van der Waals surface area contributed by atoms with Crippen molar-refractivity contribution in [2.24, 2.45) is 34.4 Å². The Bertz CT molecular complexity index is 537. The van der Waals surface area contributed by atoms with Crippen LogP contribution in [0.25, 0.3) is 0 Å². The Kier molecular flexibility index (Phi) is 16.7. The maximum atomic E-state index is 10.1. The predicted octanol–water partition coefficient (Wildman–Crippen LogP) is -4.79. The van der Waals surface area contributed by atoms with Crippen LogP contribution in [0.1, 0.15) is 25.7 Å². The number of aliphatic carboxylic acids is 3. The molecule has 0 aromatic rings. The van der Waals surface area contributed by atoms with Gasteiger partial charge in [0.2, 0.25) is 17.7 Å². The van der Waals surface area contributed by atoms with Crippen LogP contribution in [-0.4, -0.2) is 69.1 Å². The lowest BCUT2D eigenvalue weighted by Crippen LogP contribution is -2.34. The fourth-order valence-corrected chi connectivity index (χ4v) is 1.03. The van der Waals surface area contributed by atoms with E-state index >= 15 is 0 Å². The van der Waals surface area contributed by atoms with E-state index in [9.17, 15) is 28.8 Å². The van der Waals surface area contributed by atoms with Gasteiger partial charge < -0.3 is 49.7 Å². The van der Waals surface area contributed by atoms with Gasteiger partial charge in [0.1, 0.15) is 18.1 Å². The molecule has 162 valence electrons. The van der Waals surface area contributed by atoms with Crippen molar-refractivity contribution in [3.63, 3.8) is 0 Å². The third kappa shape index (κ3) is 22.7. The van der Waals surface area contributed by atoms with Crippen LogP contribution in [0.15, 0.2) is 0 Å². The minimum absolute atomic E-state index is 0.0213. The van der Waals surface area contributed by atoms with Gasteiger partial charge in [-0.25, -0.2) is 0 Å². The number of carbonyl (C=O) groups is 6. The monoisotopic (exact) mass is 410 g/mol. The number of primary amides is 3. The highest BCUT2D eigenvalue weighted by molar-refractivity contribution is 5.83. The van der Waals surface area contributed by atoms with Gasteiger partial charge in [0.05, 0.1) is 12.8 Å². The second kappa shape index (κ2) is 15.9. The zero-order chi connectivity index (χ0) is 23.0. The van der Waals surface area contributed by atoms with Crippen LogP contribution in [0.4, 0.5) is 0 Å². The highest BCUT2D eigenvalue weighted by atomic mass is 16.4. The van der Waals surface area contributed by atoms with E-state index in [4.69, 9.17) is 38.3 Å². The molecule has 0 rings (SSSR count). The molecule has 15 N–H and O–H groups in total. The molecular weight excluding hydrogens is 384 g/mol. The molecule has 0 bridgehead atoms. The van der Waals surface area contributed by atoms with Crippen molar-refractivity contribution in [1.29, 1.82) is 0 Å². The van der Waals surface area contributed by atoms with Gasteiger partial charge >= 0.3 is 17.9 Å². The molecule has 0 fully saturated rings. The first-order chi connectivity index (χ1) is 12.6. The van der Waals surface area contributed by atoms with Gasteiger partial charge in [-0.3, -0.25) is 28.8 Å². The zero-order valence-corrected chi connectivity index (χ0v) is 14.8. The summed E-state index contributed by atoms with van der Waals surface area (Å²) >= 11 is 0. The molecule has 0 unspecified atom stereocenters. The zero-order valence-electron chi connectivity index (χ0n) is 14.8. The molecule has 28 heavy (non-hydrogen) atoms. The van der Waals surface area contributed by atoms with E-state index in [1.54, 1.807) is 0 Å². The van der Waals surface area contributed by atoms with Gasteiger partial charge in [0, 0.05) is 6.42 Å². The first-order valence-corrected chi connectivity index (χ1v) is 7.41. The number of nitrogens with two attached hydrogens (primary N) is 6. The van der Waals surface area contributed by atoms with Crippen molar-refractivity contribution in [1.82, 2.24) is 0 Å². The molecule has 15 nitrogen and oxygen atoms in total. The quantitative estimate of drug-likeness (QED) is 0.164. The molecule has 0 spiro atoms. The van der Waals surface area contributed by atoms with E-state index < -0.39 is 53.8 Å². The molecular formula is C13H26N6O9. The lowest BCUT2D eigenvalue weighted by Gasteiger charge is -2.01. The second-order valence-electron chi connectivity index (χ2n) is 5.18. The number of rotatable bonds is 10. The number of hydrogen-bond donors (Lipinski definition) is 9. The van der Waals surface area contributed by atoms with Gasteiger partial charge in [-0.1, -0.05) is 0 Å². The van der Waals surface area contributed by atoms with Crippen LogP contribution < -0.4 is 34.4 Å². The van der Waals surface area contributed by atoms with Crippen LogP contribution in [0, 0.1) is 0 Å². The molecule has 3 amide bonds. The smallest absolute Gasteiger partial charge is 0.321 e. The Morgan fingerprint density at radius 1 is 0.571 bits per heavy atom. The van der Waals surface area contributed by atoms with Crippen LogP contribution in [0.2, 0.25) is 0 Å². The summed E-state index contributed by atoms with van der Waals surface area (Å²) in [6.07, 6.45) is -0.497. The average Bonchev–Trinajstić information content (AvgIpc) is 2.52. The summed E-state index contributed by atoms with van der Waals surface area (Å²) in [6, 6.07) is -3.31. The van der Waals surface area contributed by atoms with Crippen LogP contribution in [0.3, 0.4) is 0 Å². The van der Waals surface area contributed by atoms with Crippen molar-refractivity contribution in [2.75, 3.05) is 0 Å². The molecule has 0 saturated heterocycles. The number of carbonyl (C=O) groups excluding carboxylic acids is 3. The van der Waals surface area contributed by atoms with Gasteiger partial charge in [-0.2, -0.15) is 0 Å². The Hall–Kier alpha value is -3.30. The summed E-state index contributed by atoms with van der Waals surface area (Å²) in [5.74, 6) is -5.48. The normalized spacial score (nSPS) is 12.5. The first kappa shape index (κ1) is 29.5. The van der Waals surface area contributed by atoms with Gasteiger partial charge in [-0.15, -0.1) is 0 Å². The van der Waals surface area contributed by atoms with E-state index in [1.807, 2.05) is 0 Å². The molecule has 0 aliphatic heterocycles. The van der Waals surface area contributed by atoms with E-state index in [0.717, 1.165) is 0 Å². The molecule has 0 heterocycles. The molecule has 0 aliphatic carbocycles. The van der Waals surface area contributed by atoms with Crippen LogP contribution in [-0.2, 0) is 28.8 Å². The fraction of sp³-hybridized carbons (Fsp3) is 0.538. The molecule has 0 radical (unpaired) electrons. The Balaban J connectivity index is -0.000000336. The summed E-state index contributed by atoms with van der Waals surface area (Å²) < 4.78 is 0. The maximum absolute atomic E-state index is 10.1. The van der Waals surface area contributed by atoms with Gasteiger partial charge in [0.15, 0.2) is 0 Å². The van der Waals surface area contributed by atoms with Crippen molar-refractivity contribution in [2.45, 2.75) is 43.8 Å². The lowest BCUT2D eigenvalue weighted by molar-refractivity contribution is -0.140. The van der Waals surface area contributed by atoms with E-state index in [0.29, 0.717) is 0 Å². The van der Waals surface area contributed by atoms with E-state index in [-0.39, 0.29) is 25.7 Å². The fourth-order valence-electron chi connectivity index (χ4n) is 1.03. The molecule has 0 aromatic carbocycles. The molecule has 0 aromatic heterocycles. The summed E-state index contributed by atoms with van der Waals surface area (Å²) in [5.41, 5.74) is 28.9. The Labute approximate surface area is 159 Å². The summed E-state index contributed by atoms with van der Waals surface area (Å²) in [6.45, 7) is 0. The van der Waals surface area contributed by atoms with Crippen molar-refractivity contribution >= 4 is 35.6 Å². The largest absolute Gasteiger partial charge is 0.480 e. The maximum Gasteiger partial charge on any atom is 0.321 e. The molecule has 0 saturated carbocycles. The van der Waals surface area contributed by atoms with Crippen molar-refractivity contribution < 1.29 is 44.1 Å². The van der Waals surface area contributed by atoms with Crippen LogP contribution in [0.5, 0.6) is 0 Å². The second-order valence-corrected chi connectivity index (χ2v) is 5.18. The minimum atomic E-state index is -1.21. The number of carboxylic acid groups (broad SMARTS) is 3. The molecule has 15 heteroatoms. The summed E-state index contributed by atoms with van der Waals surface area (Å²) in [7, 11) is 0. The van der Waals surface area contributed by atoms with Crippen LogP contribution >= 0.6 is 0 Å². The summed E-state index contributed by atoms with van der Waals surface area (Å²) in [5, 5.41) is 24.4. The number of hydrogen-bond acceptors (Lipinski definition) is 9. The van der Waals surface area contributed by atoms with Crippen molar-refractivity contribution in [3.8, 4) is 0 Å². The minimum Gasteiger partial charge on any atom is -0.480 e.